The van der Waals surface area contributed by atoms with Gasteiger partial charge in [-0.1, -0.05) is 18.9 Å². The number of carbonyl (C=O) groups is 1. The quantitative estimate of drug-likeness (QED) is 0.775. The highest BCUT2D eigenvalue weighted by molar-refractivity contribution is 7.89. The Bertz CT molecular complexity index is 977. The number of aryl methyl sites for hydroxylation is 2. The van der Waals surface area contributed by atoms with Crippen LogP contribution in [-0.4, -0.2) is 29.9 Å². The lowest BCUT2D eigenvalue weighted by Gasteiger charge is -2.17. The number of carbonyl (C=O) groups excluding carboxylic acids is 1. The summed E-state index contributed by atoms with van der Waals surface area (Å²) >= 11 is 0. The topological polar surface area (TPSA) is 93.1 Å². The first kappa shape index (κ1) is 19.1. The van der Waals surface area contributed by atoms with Crippen LogP contribution < -0.4 is 10.0 Å². The fourth-order valence-corrected chi connectivity index (χ4v) is 5.53. The van der Waals surface area contributed by atoms with E-state index in [2.05, 4.69) is 15.0 Å². The van der Waals surface area contributed by atoms with Crippen LogP contribution in [0.4, 0.5) is 0 Å². The molecule has 1 aromatic carbocycles. The number of sulfonamides is 1. The van der Waals surface area contributed by atoms with Crippen LogP contribution in [0.5, 0.6) is 0 Å². The molecule has 1 amide bonds. The molecule has 1 atom stereocenters. The molecule has 2 aromatic rings. The SMILES string of the molecule is Cc1nccn1CC(=O)N[C@H]1CCc2ccc(S(=O)(=O)NC3CCCC3)cc21. The number of nitrogens with zero attached hydrogens (tertiary/aromatic N) is 2. The van der Waals surface area contributed by atoms with E-state index in [1.807, 2.05) is 13.0 Å². The Kier molecular flexibility index (Phi) is 5.25. The van der Waals surface area contributed by atoms with Gasteiger partial charge in [-0.3, -0.25) is 4.79 Å². The molecule has 0 saturated heterocycles. The zero-order valence-corrected chi connectivity index (χ0v) is 16.8. The van der Waals surface area contributed by atoms with Crippen LogP contribution in [0.3, 0.4) is 0 Å². The van der Waals surface area contributed by atoms with Crippen LogP contribution in [0.2, 0.25) is 0 Å². The normalized spacial score (nSPS) is 19.7. The fourth-order valence-electron chi connectivity index (χ4n) is 4.19. The summed E-state index contributed by atoms with van der Waals surface area (Å²) in [7, 11) is -3.54. The minimum atomic E-state index is -3.54. The molecule has 2 aliphatic carbocycles. The Balaban J connectivity index is 1.48. The summed E-state index contributed by atoms with van der Waals surface area (Å²) in [5, 5.41) is 3.05. The first-order valence-electron chi connectivity index (χ1n) is 9.84. The highest BCUT2D eigenvalue weighted by Gasteiger charge is 2.28. The molecular formula is C20H26N4O3S. The number of hydrogen-bond donors (Lipinski definition) is 2. The van der Waals surface area contributed by atoms with Gasteiger partial charge >= 0.3 is 0 Å². The van der Waals surface area contributed by atoms with Crippen molar-refractivity contribution < 1.29 is 13.2 Å². The lowest BCUT2D eigenvalue weighted by molar-refractivity contribution is -0.122. The van der Waals surface area contributed by atoms with Crippen molar-refractivity contribution >= 4 is 15.9 Å². The van der Waals surface area contributed by atoms with E-state index in [0.717, 1.165) is 55.5 Å². The molecule has 8 heteroatoms. The van der Waals surface area contributed by atoms with Gasteiger partial charge in [0.2, 0.25) is 15.9 Å². The van der Waals surface area contributed by atoms with Gasteiger partial charge in [0.1, 0.15) is 12.4 Å². The van der Waals surface area contributed by atoms with E-state index in [1.165, 1.54) is 0 Å². The third-order valence-electron chi connectivity index (χ3n) is 5.76. The van der Waals surface area contributed by atoms with E-state index < -0.39 is 10.0 Å². The van der Waals surface area contributed by atoms with Crippen molar-refractivity contribution in [1.82, 2.24) is 19.6 Å². The highest BCUT2D eigenvalue weighted by atomic mass is 32.2. The van der Waals surface area contributed by atoms with Crippen LogP contribution in [0.25, 0.3) is 0 Å². The maximum atomic E-state index is 12.8. The molecule has 0 bridgehead atoms. The molecule has 0 aliphatic heterocycles. The molecule has 7 nitrogen and oxygen atoms in total. The summed E-state index contributed by atoms with van der Waals surface area (Å²) in [6, 6.07) is 5.16. The van der Waals surface area contributed by atoms with E-state index in [9.17, 15) is 13.2 Å². The molecular weight excluding hydrogens is 376 g/mol. The van der Waals surface area contributed by atoms with Crippen LogP contribution in [0, 0.1) is 6.92 Å². The van der Waals surface area contributed by atoms with Gasteiger partial charge in [0.05, 0.1) is 10.9 Å². The summed E-state index contributed by atoms with van der Waals surface area (Å²) in [5.41, 5.74) is 2.01. The number of hydrogen-bond acceptors (Lipinski definition) is 4. The zero-order chi connectivity index (χ0) is 19.7. The van der Waals surface area contributed by atoms with Crippen molar-refractivity contribution in [2.75, 3.05) is 0 Å². The third-order valence-corrected chi connectivity index (χ3v) is 7.27. The highest BCUT2D eigenvalue weighted by Crippen LogP contribution is 2.33. The second-order valence-corrected chi connectivity index (χ2v) is 9.44. The van der Waals surface area contributed by atoms with E-state index >= 15 is 0 Å². The van der Waals surface area contributed by atoms with Gasteiger partial charge in [-0.15, -0.1) is 0 Å². The number of imidazole rings is 1. The summed E-state index contributed by atoms with van der Waals surface area (Å²) < 4.78 is 30.1. The number of aromatic nitrogens is 2. The van der Waals surface area contributed by atoms with Gasteiger partial charge in [-0.2, -0.15) is 0 Å². The molecule has 150 valence electrons. The van der Waals surface area contributed by atoms with Gasteiger partial charge in [0.15, 0.2) is 0 Å². The maximum Gasteiger partial charge on any atom is 0.240 e. The first-order valence-corrected chi connectivity index (χ1v) is 11.3. The minimum Gasteiger partial charge on any atom is -0.348 e. The predicted molar refractivity (Wildman–Crippen MR) is 105 cm³/mol. The second kappa shape index (κ2) is 7.67. The van der Waals surface area contributed by atoms with Crippen LogP contribution in [0.1, 0.15) is 55.1 Å². The van der Waals surface area contributed by atoms with Crippen LogP contribution >= 0.6 is 0 Å². The van der Waals surface area contributed by atoms with Gasteiger partial charge < -0.3 is 9.88 Å². The largest absolute Gasteiger partial charge is 0.348 e. The lowest BCUT2D eigenvalue weighted by Crippen LogP contribution is -2.33. The molecule has 28 heavy (non-hydrogen) atoms. The maximum absolute atomic E-state index is 12.8. The third kappa shape index (κ3) is 3.98. The van der Waals surface area contributed by atoms with Crippen molar-refractivity contribution in [3.8, 4) is 0 Å². The Hall–Kier alpha value is -2.19. The molecule has 4 rings (SSSR count). The Morgan fingerprint density at radius 3 is 2.75 bits per heavy atom. The number of benzene rings is 1. The number of amides is 1. The van der Waals surface area contributed by atoms with E-state index in [1.54, 1.807) is 29.1 Å². The second-order valence-electron chi connectivity index (χ2n) is 7.72. The van der Waals surface area contributed by atoms with Gasteiger partial charge in [-0.05, 0) is 55.9 Å². The van der Waals surface area contributed by atoms with Gasteiger partial charge in [-0.25, -0.2) is 18.1 Å². The van der Waals surface area contributed by atoms with Crippen molar-refractivity contribution in [2.24, 2.45) is 0 Å². The van der Waals surface area contributed by atoms with Gasteiger partial charge in [0, 0.05) is 18.4 Å². The predicted octanol–water partition coefficient (Wildman–Crippen LogP) is 2.22. The summed E-state index contributed by atoms with van der Waals surface area (Å²) in [6.45, 7) is 2.06. The zero-order valence-electron chi connectivity index (χ0n) is 16.0. The van der Waals surface area contributed by atoms with Crippen molar-refractivity contribution in [1.29, 1.82) is 0 Å². The molecule has 1 aromatic heterocycles. The van der Waals surface area contributed by atoms with Crippen molar-refractivity contribution in [2.45, 2.75) is 69.0 Å². The van der Waals surface area contributed by atoms with Crippen molar-refractivity contribution in [3.63, 3.8) is 0 Å². The molecule has 1 fully saturated rings. The molecule has 0 radical (unpaired) electrons. The Labute approximate surface area is 165 Å². The fraction of sp³-hybridized carbons (Fsp3) is 0.500. The molecule has 0 unspecified atom stereocenters. The summed E-state index contributed by atoms with van der Waals surface area (Å²) in [6.07, 6.45) is 9.00. The average Bonchev–Trinajstić information content (AvgIpc) is 3.38. The average molecular weight is 403 g/mol. The number of nitrogens with one attached hydrogen (secondary N) is 2. The molecule has 1 saturated carbocycles. The van der Waals surface area contributed by atoms with E-state index in [0.29, 0.717) is 0 Å². The smallest absolute Gasteiger partial charge is 0.240 e. The van der Waals surface area contributed by atoms with E-state index in [-0.39, 0.29) is 29.4 Å². The van der Waals surface area contributed by atoms with Crippen molar-refractivity contribution in [3.05, 3.63) is 47.5 Å². The molecule has 0 spiro atoms. The molecule has 2 N–H and O–H groups in total. The molecule has 1 heterocycles. The summed E-state index contributed by atoms with van der Waals surface area (Å²) in [4.78, 5) is 16.9. The standard InChI is InChI=1S/C20H26N4O3S/c1-14-21-10-11-24(14)13-20(25)22-19-9-7-15-6-8-17(12-18(15)19)28(26,27)23-16-4-2-3-5-16/h6,8,10-12,16,19,23H,2-5,7,9,13H2,1H3,(H,22,25)/t19-/m0/s1. The lowest BCUT2D eigenvalue weighted by atomic mass is 10.1. The van der Waals surface area contributed by atoms with Crippen LogP contribution in [-0.2, 0) is 27.8 Å². The Morgan fingerprint density at radius 1 is 1.25 bits per heavy atom. The molecule has 2 aliphatic rings. The minimum absolute atomic E-state index is 0.0344. The Morgan fingerprint density at radius 2 is 2.04 bits per heavy atom. The van der Waals surface area contributed by atoms with E-state index in [4.69, 9.17) is 0 Å². The number of rotatable bonds is 6. The summed E-state index contributed by atoms with van der Waals surface area (Å²) in [5.74, 6) is 0.685. The first-order chi connectivity index (χ1) is 13.4. The van der Waals surface area contributed by atoms with Crippen LogP contribution in [0.15, 0.2) is 35.5 Å². The monoisotopic (exact) mass is 402 g/mol. The van der Waals surface area contributed by atoms with Gasteiger partial charge in [0.25, 0.3) is 0 Å². The number of fused-ring (bicyclic) bond motifs is 1.